The zero-order valence-corrected chi connectivity index (χ0v) is 20.9. The summed E-state index contributed by atoms with van der Waals surface area (Å²) in [5.74, 6) is 1.52. The molecule has 0 aliphatic carbocycles. The van der Waals surface area contributed by atoms with Gasteiger partial charge in [0.25, 0.3) is 5.56 Å². The highest BCUT2D eigenvalue weighted by Gasteiger charge is 2.36. The van der Waals surface area contributed by atoms with Crippen molar-refractivity contribution >= 4 is 43.6 Å². The molecule has 0 saturated heterocycles. The van der Waals surface area contributed by atoms with Crippen LogP contribution in [0.5, 0.6) is 17.2 Å². The van der Waals surface area contributed by atoms with E-state index in [-0.39, 0.29) is 29.8 Å². The molecule has 0 spiro atoms. The molecule has 6 aromatic rings. The van der Waals surface area contributed by atoms with E-state index in [1.807, 2.05) is 24.4 Å². The van der Waals surface area contributed by atoms with E-state index in [0.29, 0.717) is 22.5 Å². The van der Waals surface area contributed by atoms with Crippen LogP contribution in [0.2, 0.25) is 0 Å². The summed E-state index contributed by atoms with van der Waals surface area (Å²) in [6.45, 7) is 0. The molecule has 0 saturated carbocycles. The van der Waals surface area contributed by atoms with Crippen molar-refractivity contribution in [3.8, 4) is 17.2 Å². The Kier molecular flexibility index (Phi) is 5.27. The molecule has 0 bridgehead atoms. The summed E-state index contributed by atoms with van der Waals surface area (Å²) in [6.07, 6.45) is 8.13. The molecule has 1 unspecified atom stereocenters. The van der Waals surface area contributed by atoms with E-state index >= 15 is 0 Å². The van der Waals surface area contributed by atoms with Crippen molar-refractivity contribution in [2.45, 2.75) is 25.3 Å². The van der Waals surface area contributed by atoms with Crippen LogP contribution in [0, 0.1) is 0 Å². The number of phenolic OH excluding ortho intramolecular Hbond substituents is 1. The second-order valence-corrected chi connectivity index (χ2v) is 9.22. The number of ether oxygens (including phenoxy) is 2. The lowest BCUT2D eigenvalue weighted by atomic mass is 9.95. The van der Waals surface area contributed by atoms with Crippen molar-refractivity contribution in [1.29, 1.82) is 0 Å². The van der Waals surface area contributed by atoms with Gasteiger partial charge < -0.3 is 41.9 Å². The van der Waals surface area contributed by atoms with Crippen LogP contribution in [0.1, 0.15) is 30.3 Å². The average molecular weight is 518 g/mol. The quantitative estimate of drug-likeness (QED) is 0.261. The largest absolute Gasteiger partial charge is 1.00 e. The zero-order chi connectivity index (χ0) is 24.6. The molecule has 188 valence electrons. The number of aromatic nitrogens is 5. The molecule has 37 heavy (non-hydrogen) atoms. The lowest BCUT2D eigenvalue weighted by Gasteiger charge is -2.21. The van der Waals surface area contributed by atoms with E-state index in [4.69, 9.17) is 14.5 Å². The molecule has 7 rings (SSSR count). The number of aryl methyl sites for hydroxylation is 1. The van der Waals surface area contributed by atoms with Crippen LogP contribution >= 0.6 is 0 Å². The van der Waals surface area contributed by atoms with Gasteiger partial charge in [-0.25, -0.2) is 4.98 Å². The Morgan fingerprint density at radius 3 is 2.57 bits per heavy atom. The molecule has 4 N–H and O–H groups in total. The lowest BCUT2D eigenvalue weighted by Crippen LogP contribution is -3.00. The third-order valence-electron chi connectivity index (χ3n) is 7.45. The number of rotatable bonds is 3. The number of aromatic hydroxyl groups is 1. The minimum atomic E-state index is -0.159. The van der Waals surface area contributed by atoms with E-state index in [1.54, 1.807) is 32.7 Å². The summed E-state index contributed by atoms with van der Waals surface area (Å²) < 4.78 is 13.7. The molecular weight excluding hydrogens is 494 g/mol. The van der Waals surface area contributed by atoms with Crippen molar-refractivity contribution in [1.82, 2.24) is 19.9 Å². The minimum Gasteiger partial charge on any atom is -1.00 e. The van der Waals surface area contributed by atoms with Gasteiger partial charge in [0.1, 0.15) is 28.2 Å². The molecule has 0 radical (unpaired) electrons. The van der Waals surface area contributed by atoms with Gasteiger partial charge in [0.2, 0.25) is 17.9 Å². The molecule has 0 amide bonds. The van der Waals surface area contributed by atoms with Gasteiger partial charge in [0, 0.05) is 29.8 Å². The number of para-hydroxylation sites is 1. The summed E-state index contributed by atoms with van der Waals surface area (Å²) in [7, 11) is 3.28. The van der Waals surface area contributed by atoms with Crippen LogP contribution in [0.3, 0.4) is 0 Å². The lowest BCUT2D eigenvalue weighted by molar-refractivity contribution is -0.725. The topological polar surface area (TPSA) is 120 Å². The number of aromatic amines is 3. The first kappa shape index (κ1) is 23.2. The molecule has 1 aliphatic heterocycles. The first-order chi connectivity index (χ1) is 17.6. The Morgan fingerprint density at radius 1 is 1.00 bits per heavy atom. The van der Waals surface area contributed by atoms with Gasteiger partial charge in [-0.3, -0.25) is 4.79 Å². The molecule has 10 heteroatoms. The number of phenols is 1. The maximum atomic E-state index is 12.5. The highest BCUT2D eigenvalue weighted by Crippen LogP contribution is 2.41. The van der Waals surface area contributed by atoms with Crippen LogP contribution < -0.4 is 32.0 Å². The molecule has 5 aromatic heterocycles. The first-order valence-electron chi connectivity index (χ1n) is 11.9. The number of benzene rings is 1. The fourth-order valence-electron chi connectivity index (χ4n) is 5.88. The second kappa shape index (κ2) is 8.41. The van der Waals surface area contributed by atoms with Crippen LogP contribution in [0.15, 0.2) is 47.7 Å². The Bertz CT molecular complexity index is 1900. The van der Waals surface area contributed by atoms with Gasteiger partial charge in [-0.1, -0.05) is 12.1 Å². The monoisotopic (exact) mass is 517 g/mol. The molecule has 1 aliphatic rings. The van der Waals surface area contributed by atoms with Gasteiger partial charge in [-0.05, 0) is 18.6 Å². The maximum absolute atomic E-state index is 12.5. The summed E-state index contributed by atoms with van der Waals surface area (Å²) >= 11 is 0. The Balaban J connectivity index is 0.00000252. The fourth-order valence-corrected chi connectivity index (χ4v) is 5.88. The number of H-pyrrole nitrogens is 3. The third kappa shape index (κ3) is 3.13. The van der Waals surface area contributed by atoms with Gasteiger partial charge in [0.05, 0.1) is 42.2 Å². The second-order valence-electron chi connectivity index (χ2n) is 9.22. The number of pyridine rings is 3. The number of fused-ring (bicyclic) bond motifs is 8. The van der Waals surface area contributed by atoms with Crippen molar-refractivity contribution in [2.75, 3.05) is 14.2 Å². The van der Waals surface area contributed by atoms with Gasteiger partial charge in [0.15, 0.2) is 5.75 Å². The SMILES string of the molecule is COc1cnc(C2CCCc3c4[nH]c5c(=O)[nH]ccc5c4c(OC)c[n+]32)c2[nH]c3c(O)cccc3c12.[Cl-]. The summed E-state index contributed by atoms with van der Waals surface area (Å²) in [5, 5.41) is 14.1. The Morgan fingerprint density at radius 2 is 1.76 bits per heavy atom. The third-order valence-corrected chi connectivity index (χ3v) is 7.45. The van der Waals surface area contributed by atoms with Gasteiger partial charge >= 0.3 is 0 Å². The van der Waals surface area contributed by atoms with Crippen LogP contribution in [0.25, 0.3) is 43.6 Å². The number of halogens is 1. The van der Waals surface area contributed by atoms with Gasteiger partial charge in [-0.15, -0.1) is 0 Å². The van der Waals surface area contributed by atoms with Gasteiger partial charge in [-0.2, -0.15) is 4.57 Å². The first-order valence-corrected chi connectivity index (χ1v) is 11.9. The summed E-state index contributed by atoms with van der Waals surface area (Å²) in [6, 6.07) is 7.29. The highest BCUT2D eigenvalue weighted by molar-refractivity contribution is 6.13. The predicted molar refractivity (Wildman–Crippen MR) is 136 cm³/mol. The van der Waals surface area contributed by atoms with Crippen LogP contribution in [0.4, 0.5) is 0 Å². The molecule has 1 atom stereocenters. The highest BCUT2D eigenvalue weighted by atomic mass is 35.5. The number of nitrogens with one attached hydrogen (secondary N) is 3. The van der Waals surface area contributed by atoms with E-state index in [0.717, 1.165) is 63.2 Å². The smallest absolute Gasteiger partial charge is 0.272 e. The molecule has 1 aromatic carbocycles. The molecule has 6 heterocycles. The molecule has 0 fully saturated rings. The van der Waals surface area contributed by atoms with E-state index in [2.05, 4.69) is 19.5 Å². The van der Waals surface area contributed by atoms with E-state index in [9.17, 15) is 9.90 Å². The molecule has 9 nitrogen and oxygen atoms in total. The Hall–Kier alpha value is -4.24. The van der Waals surface area contributed by atoms with Crippen molar-refractivity contribution in [2.24, 2.45) is 0 Å². The summed E-state index contributed by atoms with van der Waals surface area (Å²) in [5.41, 5.74) is 4.74. The number of methoxy groups -OCH3 is 2. The van der Waals surface area contributed by atoms with Crippen LogP contribution in [-0.2, 0) is 6.42 Å². The number of hydrogen-bond acceptors (Lipinski definition) is 5. The number of hydrogen-bond donors (Lipinski definition) is 4. The molecular formula is C27H24ClN5O4. The van der Waals surface area contributed by atoms with Crippen molar-refractivity contribution in [3.63, 3.8) is 0 Å². The maximum Gasteiger partial charge on any atom is 0.272 e. The van der Waals surface area contributed by atoms with Crippen LogP contribution in [-0.4, -0.2) is 39.3 Å². The van der Waals surface area contributed by atoms with E-state index < -0.39 is 0 Å². The predicted octanol–water partition coefficient (Wildman–Crippen LogP) is 0.979. The zero-order valence-electron chi connectivity index (χ0n) is 20.2. The van der Waals surface area contributed by atoms with E-state index in [1.165, 1.54) is 0 Å². The minimum absolute atomic E-state index is 0. The number of nitrogens with zero attached hydrogens (tertiary/aromatic N) is 2. The van der Waals surface area contributed by atoms with Crippen molar-refractivity contribution in [3.05, 3.63) is 64.6 Å². The summed E-state index contributed by atoms with van der Waals surface area (Å²) in [4.78, 5) is 26.9. The average Bonchev–Trinajstić information content (AvgIpc) is 3.49. The normalized spacial score (nSPS) is 15.2. The standard InChI is InChI=1S/C27H23N5O4.ClH/c1-35-18-11-29-25(26-20(18)13-5-3-8-17(33)22(13)30-26)16-7-4-6-15-24-21(19(36-2)12-32(15)16)14-9-10-28-27(34)23(14)31-24;/h3,5,8-12,16H,4,6-7H2,1-2H3,(H3,28,29,30,31,33,34);1H. The van der Waals surface area contributed by atoms with Crippen molar-refractivity contribution < 1.29 is 31.6 Å². The fraction of sp³-hybridized carbons (Fsp3) is 0.222. The Labute approximate surface area is 216 Å².